The number of allylic oxidation sites excluding steroid dienone is 1. The van der Waals surface area contributed by atoms with Gasteiger partial charge >= 0.3 is 26.2 Å². The number of rotatable bonds is 9. The Balaban J connectivity index is 0.00000433. The molecule has 0 aliphatic carbocycles. The Morgan fingerprint density at radius 2 is 0.765 bits per heavy atom. The number of hydrogen-bond acceptors (Lipinski definition) is 15. The Hall–Kier alpha value is -4.27. The van der Waals surface area contributed by atoms with Gasteiger partial charge in [-0.3, -0.25) is 0 Å². The zero-order valence-electron chi connectivity index (χ0n) is 30.7. The molecule has 3 aromatic rings. The maximum Gasteiger partial charge on any atom is 3.00 e. The van der Waals surface area contributed by atoms with Gasteiger partial charge in [0.25, 0.3) is 0 Å². The van der Waals surface area contributed by atoms with E-state index in [2.05, 4.69) is 16.6 Å². The van der Waals surface area contributed by atoms with E-state index in [0.29, 0.717) is 34.1 Å². The van der Waals surface area contributed by atoms with Crippen molar-refractivity contribution in [1.82, 2.24) is 5.43 Å². The summed E-state index contributed by atoms with van der Waals surface area (Å²) in [5.74, 6) is -1.99. The molecule has 0 saturated carbocycles. The number of anilines is 7. The van der Waals surface area contributed by atoms with Gasteiger partial charge in [0.1, 0.15) is 0 Å². The fourth-order valence-electron chi connectivity index (χ4n) is 5.34. The number of nitrogens with one attached hydrogen (secondary N) is 1. The maximum absolute atomic E-state index is 11.6. The van der Waals surface area contributed by atoms with Crippen molar-refractivity contribution in [1.29, 1.82) is 0 Å². The summed E-state index contributed by atoms with van der Waals surface area (Å²) in [6.07, 6.45) is 3.04. The second-order valence-electron chi connectivity index (χ2n) is 12.7. The van der Waals surface area contributed by atoms with Gasteiger partial charge in [-0.15, -0.1) is 6.08 Å². The molecule has 0 aromatic heterocycles. The summed E-state index contributed by atoms with van der Waals surface area (Å²) in [6, 6.07) is 4.84. The largest absolute Gasteiger partial charge is 3.00 e. The predicted octanol–water partition coefficient (Wildman–Crippen LogP) is -3.11. The van der Waals surface area contributed by atoms with Crippen molar-refractivity contribution in [3.8, 4) is 34.5 Å². The molecular weight excluding hydrogens is 781 g/mol. The Morgan fingerprint density at radius 1 is 0.490 bits per heavy atom. The minimum absolute atomic E-state index is 0. The Kier molecular flexibility index (Phi) is 14.8. The standard InChI is InChI=1S/C33H46N9O6.2ClH.Zr/c1-36(2)19-14-20(37(3)4)29(44)25(28(19)43)17-13-18(26-30(45)21(38(5)6)15-22(31(26)46)39(7)8)35-42(34-17)27-32(47)23(40(9)10)16-24(33(27)48)41(11)12;;;/h14-16,34,43-48H,1-12H3;2*1H;/q-1;;;+3/p-2. The summed E-state index contributed by atoms with van der Waals surface area (Å²) in [5, 5.41) is 75.2. The van der Waals surface area contributed by atoms with Crippen LogP contribution in [-0.4, -0.2) is 121 Å². The van der Waals surface area contributed by atoms with Crippen LogP contribution in [0.1, 0.15) is 11.1 Å². The minimum atomic E-state index is -0.353. The molecule has 277 valence electrons. The van der Waals surface area contributed by atoms with Crippen molar-refractivity contribution in [3.63, 3.8) is 0 Å². The van der Waals surface area contributed by atoms with Gasteiger partial charge in [0.15, 0.2) is 17.2 Å². The summed E-state index contributed by atoms with van der Waals surface area (Å²) in [5.41, 5.74) is 4.50. The number of hydrazone groups is 1. The van der Waals surface area contributed by atoms with E-state index in [9.17, 15) is 30.6 Å². The van der Waals surface area contributed by atoms with Gasteiger partial charge in [-0.05, 0) is 40.7 Å². The first-order valence-electron chi connectivity index (χ1n) is 14.9. The van der Waals surface area contributed by atoms with E-state index in [-0.39, 0.29) is 114 Å². The van der Waals surface area contributed by atoms with Crippen molar-refractivity contribution in [2.24, 2.45) is 5.10 Å². The minimum Gasteiger partial charge on any atom is -1.00 e. The van der Waals surface area contributed by atoms with Crippen LogP contribution >= 0.6 is 0 Å². The molecule has 0 atom stereocenters. The van der Waals surface area contributed by atoms with Crippen molar-refractivity contribution in [3.05, 3.63) is 35.4 Å². The topological polar surface area (TPSA) is 168 Å². The first-order valence-corrected chi connectivity index (χ1v) is 14.9. The average molecular weight is 827 g/mol. The zero-order chi connectivity index (χ0) is 36.1. The number of nitrogens with zero attached hydrogens (tertiary/aromatic N) is 8. The van der Waals surface area contributed by atoms with E-state index < -0.39 is 0 Å². The van der Waals surface area contributed by atoms with Crippen molar-refractivity contribution < 1.29 is 81.7 Å². The van der Waals surface area contributed by atoms with E-state index in [1.807, 2.05) is 0 Å². The molecule has 0 bridgehead atoms. The van der Waals surface area contributed by atoms with Crippen LogP contribution in [0.2, 0.25) is 0 Å². The number of phenols is 6. The van der Waals surface area contributed by atoms with Crippen LogP contribution in [0, 0.1) is 6.08 Å². The molecule has 3 aromatic carbocycles. The van der Waals surface area contributed by atoms with E-state index in [1.165, 1.54) is 0 Å². The monoisotopic (exact) mass is 824 g/mol. The summed E-state index contributed by atoms with van der Waals surface area (Å²) in [6.45, 7) is 0. The van der Waals surface area contributed by atoms with Crippen molar-refractivity contribution >= 4 is 51.2 Å². The smallest absolute Gasteiger partial charge is 1.00 e. The molecular formula is C33H46Cl2N9O6Zr. The number of hydrazine groups is 1. The van der Waals surface area contributed by atoms with E-state index >= 15 is 0 Å². The number of aromatic hydroxyl groups is 6. The van der Waals surface area contributed by atoms with Crippen LogP contribution in [0.5, 0.6) is 34.5 Å². The van der Waals surface area contributed by atoms with Crippen LogP contribution in [-0.2, 0) is 26.2 Å². The van der Waals surface area contributed by atoms with Gasteiger partial charge in [-0.2, -0.15) is 10.2 Å². The predicted molar refractivity (Wildman–Crippen MR) is 194 cm³/mol. The Morgan fingerprint density at radius 3 is 1.06 bits per heavy atom. The second kappa shape index (κ2) is 16.8. The van der Waals surface area contributed by atoms with Crippen molar-refractivity contribution in [2.45, 2.75) is 0 Å². The van der Waals surface area contributed by atoms with Gasteiger partial charge in [0, 0.05) is 84.6 Å². The molecule has 51 heavy (non-hydrogen) atoms. The molecule has 0 amide bonds. The summed E-state index contributed by atoms with van der Waals surface area (Å²) in [4.78, 5) is 9.99. The molecule has 15 nitrogen and oxygen atoms in total. The number of hydrogen-bond donors (Lipinski definition) is 7. The first-order chi connectivity index (χ1) is 22.3. The average Bonchev–Trinajstić information content (AvgIpc) is 2.96. The van der Waals surface area contributed by atoms with E-state index in [0.717, 1.165) is 5.12 Å². The molecule has 0 unspecified atom stereocenters. The molecule has 1 aliphatic rings. The fourth-order valence-corrected chi connectivity index (χ4v) is 5.34. The molecule has 0 saturated heterocycles. The van der Waals surface area contributed by atoms with Gasteiger partial charge in [0.2, 0.25) is 0 Å². The van der Waals surface area contributed by atoms with Crippen LogP contribution in [0.25, 0.3) is 5.70 Å². The van der Waals surface area contributed by atoms with Crippen LogP contribution in [0.3, 0.4) is 0 Å². The van der Waals surface area contributed by atoms with Crippen molar-refractivity contribution in [2.75, 3.05) is 119 Å². The summed E-state index contributed by atoms with van der Waals surface area (Å²) >= 11 is 0. The Bertz CT molecular complexity index is 1720. The molecule has 18 heteroatoms. The molecule has 1 heterocycles. The quantitative estimate of drug-likeness (QED) is 0.109. The van der Waals surface area contributed by atoms with Crippen LogP contribution in [0.4, 0.5) is 39.8 Å². The SMILES string of the molecule is CN(C)c1cc(N(C)C)c(O)c(C2=[C-]C(c3c(O)c(N(C)C)cc(N(C)C)c3O)=NN(c3c(O)c(N(C)C)cc(N(C)C)c3O)N2)c1O.[Cl-].[Cl-].[Zr+3]. The zero-order valence-corrected chi connectivity index (χ0v) is 34.7. The number of benzene rings is 3. The van der Waals surface area contributed by atoms with Gasteiger partial charge in [0.05, 0.1) is 57.1 Å². The summed E-state index contributed by atoms with van der Waals surface area (Å²) in [7, 11) is 20.8. The van der Waals surface area contributed by atoms with Gasteiger partial charge < -0.3 is 90.3 Å². The molecule has 0 fully saturated rings. The molecule has 4 rings (SSSR count). The number of phenolic OH excluding ortho intramolecular Hbond substituents is 6. The van der Waals surface area contributed by atoms with Crippen LogP contribution in [0.15, 0.2) is 23.3 Å². The maximum atomic E-state index is 11.6. The van der Waals surface area contributed by atoms with Gasteiger partial charge in [-0.25, -0.2) is 0 Å². The molecule has 1 radical (unpaired) electrons. The van der Waals surface area contributed by atoms with E-state index in [4.69, 9.17) is 0 Å². The molecule has 7 N–H and O–H groups in total. The normalized spacial score (nSPS) is 11.9. The molecule has 1 aliphatic heterocycles. The third-order valence-electron chi connectivity index (χ3n) is 7.92. The van der Waals surface area contributed by atoms with E-state index in [1.54, 1.807) is 132 Å². The summed E-state index contributed by atoms with van der Waals surface area (Å²) < 4.78 is 0. The second-order valence-corrected chi connectivity index (χ2v) is 12.7. The van der Waals surface area contributed by atoms with Crippen LogP contribution < -0.4 is 64.8 Å². The third-order valence-corrected chi connectivity index (χ3v) is 7.92. The first kappa shape index (κ1) is 44.8. The van der Waals surface area contributed by atoms with Gasteiger partial charge in [-0.1, -0.05) is 0 Å². The fraction of sp³-hybridized carbons (Fsp3) is 0.364. The number of halogens is 2. The Labute approximate surface area is 330 Å². The molecule has 0 spiro atoms. The third kappa shape index (κ3) is 8.13.